The third kappa shape index (κ3) is 3.63. The van der Waals surface area contributed by atoms with E-state index in [0.717, 1.165) is 17.7 Å². The number of ketones is 1. The summed E-state index contributed by atoms with van der Waals surface area (Å²) in [6.45, 7) is -0.684. The van der Waals surface area contributed by atoms with E-state index in [9.17, 15) is 18.4 Å². The highest BCUT2D eigenvalue weighted by atomic mass is 19.1. The van der Waals surface area contributed by atoms with Crippen LogP contribution in [0.3, 0.4) is 0 Å². The van der Waals surface area contributed by atoms with Crippen LogP contribution in [0.1, 0.15) is 20.9 Å². The Hall–Kier alpha value is -3.28. The zero-order chi connectivity index (χ0) is 17.8. The molecule has 3 rings (SSSR count). The number of halogens is 2. The van der Waals surface area contributed by atoms with E-state index in [1.807, 2.05) is 6.07 Å². The van der Waals surface area contributed by atoms with E-state index in [4.69, 9.17) is 9.15 Å². The molecule has 25 heavy (non-hydrogen) atoms. The maximum Gasteiger partial charge on any atom is 0.375 e. The lowest BCUT2D eigenvalue weighted by molar-refractivity contribution is 0.0444. The highest BCUT2D eigenvalue weighted by molar-refractivity contribution is 6.00. The molecule has 0 radical (unpaired) electrons. The summed E-state index contributed by atoms with van der Waals surface area (Å²) >= 11 is 0. The fraction of sp³-hybridized carbons (Fsp3) is 0.0526. The molecule has 1 heterocycles. The van der Waals surface area contributed by atoms with Gasteiger partial charge in [-0.15, -0.1) is 0 Å². The molecule has 0 aliphatic carbocycles. The Morgan fingerprint density at radius 2 is 1.76 bits per heavy atom. The van der Waals surface area contributed by atoms with Crippen LogP contribution in [0.4, 0.5) is 8.78 Å². The molecule has 0 amide bonds. The third-order valence-electron chi connectivity index (χ3n) is 3.50. The first-order valence-electron chi connectivity index (χ1n) is 7.34. The molecule has 0 bridgehead atoms. The molecule has 2 aromatic carbocycles. The molecule has 6 heteroatoms. The fourth-order valence-electron chi connectivity index (χ4n) is 2.30. The van der Waals surface area contributed by atoms with Crippen LogP contribution in [0.2, 0.25) is 0 Å². The van der Waals surface area contributed by atoms with Crippen molar-refractivity contribution >= 4 is 11.8 Å². The highest BCUT2D eigenvalue weighted by Crippen LogP contribution is 2.25. The summed E-state index contributed by atoms with van der Waals surface area (Å²) in [6, 6.07) is 13.2. The zero-order valence-corrected chi connectivity index (χ0v) is 12.9. The average molecular weight is 342 g/mol. The second-order valence-corrected chi connectivity index (χ2v) is 5.15. The third-order valence-corrected chi connectivity index (χ3v) is 3.50. The van der Waals surface area contributed by atoms with Gasteiger partial charge in [0.25, 0.3) is 0 Å². The van der Waals surface area contributed by atoms with Crippen LogP contribution >= 0.6 is 0 Å². The number of benzene rings is 2. The molecule has 0 atom stereocenters. The Kier molecular flexibility index (Phi) is 4.70. The predicted molar refractivity (Wildman–Crippen MR) is 85.1 cm³/mol. The van der Waals surface area contributed by atoms with Gasteiger partial charge in [0.2, 0.25) is 11.5 Å². The van der Waals surface area contributed by atoms with Crippen molar-refractivity contribution in [3.05, 3.63) is 83.8 Å². The van der Waals surface area contributed by atoms with Crippen molar-refractivity contribution in [2.24, 2.45) is 0 Å². The molecule has 1 aromatic heterocycles. The van der Waals surface area contributed by atoms with Crippen LogP contribution in [0.15, 0.2) is 65.3 Å². The highest BCUT2D eigenvalue weighted by Gasteiger charge is 2.20. The number of hydrogen-bond acceptors (Lipinski definition) is 4. The first-order valence-corrected chi connectivity index (χ1v) is 7.34. The minimum absolute atomic E-state index is 0.0569. The molecule has 4 nitrogen and oxygen atoms in total. The lowest BCUT2D eigenvalue weighted by atomic mass is 10.1. The first kappa shape index (κ1) is 16.6. The molecule has 0 spiro atoms. The molecule has 0 aliphatic heterocycles. The molecule has 3 aromatic rings. The fourth-order valence-corrected chi connectivity index (χ4v) is 2.30. The van der Waals surface area contributed by atoms with Crippen molar-refractivity contribution in [1.29, 1.82) is 0 Å². The first-order chi connectivity index (χ1) is 12.1. The number of carbonyl (C=O) groups is 2. The van der Waals surface area contributed by atoms with Crippen molar-refractivity contribution in [1.82, 2.24) is 0 Å². The standard InChI is InChI=1S/C19H12F2O4/c20-13-6-7-15(16(21)10-13)17(22)11-25-19(23)18-14(8-9-24-18)12-4-2-1-3-5-12/h1-10H,11H2. The van der Waals surface area contributed by atoms with Gasteiger partial charge in [-0.25, -0.2) is 13.6 Å². The number of rotatable bonds is 5. The van der Waals surface area contributed by atoms with Gasteiger partial charge < -0.3 is 9.15 Å². The van der Waals surface area contributed by atoms with Gasteiger partial charge in [-0.05, 0) is 23.8 Å². The molecule has 126 valence electrons. The largest absolute Gasteiger partial charge is 0.457 e. The van der Waals surface area contributed by atoms with Gasteiger partial charge >= 0.3 is 5.97 Å². The topological polar surface area (TPSA) is 56.5 Å². The molecular formula is C19H12F2O4. The van der Waals surface area contributed by atoms with E-state index >= 15 is 0 Å². The van der Waals surface area contributed by atoms with E-state index in [1.165, 1.54) is 6.26 Å². The van der Waals surface area contributed by atoms with Crippen molar-refractivity contribution in [2.75, 3.05) is 6.61 Å². The van der Waals surface area contributed by atoms with Crippen molar-refractivity contribution < 1.29 is 27.5 Å². The van der Waals surface area contributed by atoms with Crippen LogP contribution in [0.5, 0.6) is 0 Å². The van der Waals surface area contributed by atoms with Crippen molar-refractivity contribution in [3.8, 4) is 11.1 Å². The van der Waals surface area contributed by atoms with Crippen LogP contribution < -0.4 is 0 Å². The average Bonchev–Trinajstić information content (AvgIpc) is 3.10. The lowest BCUT2D eigenvalue weighted by Crippen LogP contribution is -2.15. The summed E-state index contributed by atoms with van der Waals surface area (Å²) in [4.78, 5) is 24.1. The Balaban J connectivity index is 1.72. The number of furan rings is 1. The molecule has 0 saturated carbocycles. The van der Waals surface area contributed by atoms with Gasteiger partial charge in [0.1, 0.15) is 11.6 Å². The Morgan fingerprint density at radius 3 is 2.48 bits per heavy atom. The molecular weight excluding hydrogens is 330 g/mol. The van der Waals surface area contributed by atoms with Crippen LogP contribution in [-0.4, -0.2) is 18.4 Å². The van der Waals surface area contributed by atoms with Crippen molar-refractivity contribution in [3.63, 3.8) is 0 Å². The minimum atomic E-state index is -1.01. The number of Topliss-reactive ketones (excluding diaryl/α,β-unsaturated/α-hetero) is 1. The van der Waals surface area contributed by atoms with Gasteiger partial charge in [0.05, 0.1) is 11.8 Å². The van der Waals surface area contributed by atoms with Crippen LogP contribution in [-0.2, 0) is 4.74 Å². The molecule has 0 aliphatic rings. The summed E-state index contributed by atoms with van der Waals surface area (Å²) < 4.78 is 36.5. The minimum Gasteiger partial charge on any atom is -0.457 e. The quantitative estimate of drug-likeness (QED) is 0.513. The summed E-state index contributed by atoms with van der Waals surface area (Å²) in [6.07, 6.45) is 1.33. The second-order valence-electron chi connectivity index (χ2n) is 5.15. The normalized spacial score (nSPS) is 10.5. The Morgan fingerprint density at radius 1 is 1.00 bits per heavy atom. The van der Waals surface area contributed by atoms with Crippen LogP contribution in [0.25, 0.3) is 11.1 Å². The van der Waals surface area contributed by atoms with E-state index in [2.05, 4.69) is 0 Å². The van der Waals surface area contributed by atoms with Gasteiger partial charge in [-0.1, -0.05) is 30.3 Å². The number of carbonyl (C=O) groups excluding carboxylic acids is 2. The van der Waals surface area contributed by atoms with Crippen LogP contribution in [0, 0.1) is 11.6 Å². The molecule has 0 saturated heterocycles. The van der Waals surface area contributed by atoms with E-state index in [-0.39, 0.29) is 11.3 Å². The van der Waals surface area contributed by atoms with Crippen molar-refractivity contribution in [2.45, 2.75) is 0 Å². The molecule has 0 unspecified atom stereocenters. The number of esters is 1. The van der Waals surface area contributed by atoms with Gasteiger partial charge in [0.15, 0.2) is 6.61 Å². The Labute approximate surface area is 141 Å². The Bertz CT molecular complexity index is 916. The second kappa shape index (κ2) is 7.09. The summed E-state index contributed by atoms with van der Waals surface area (Å²) in [5.74, 6) is -3.49. The summed E-state index contributed by atoms with van der Waals surface area (Å²) in [7, 11) is 0. The smallest absolute Gasteiger partial charge is 0.375 e. The molecule has 0 N–H and O–H groups in total. The monoisotopic (exact) mass is 342 g/mol. The number of hydrogen-bond donors (Lipinski definition) is 0. The summed E-state index contributed by atoms with van der Waals surface area (Å²) in [5.41, 5.74) is 0.919. The predicted octanol–water partition coefficient (Wildman–Crippen LogP) is 4.26. The van der Waals surface area contributed by atoms with Gasteiger partial charge in [-0.3, -0.25) is 4.79 Å². The zero-order valence-electron chi connectivity index (χ0n) is 12.9. The maximum atomic E-state index is 13.6. The van der Waals surface area contributed by atoms with E-state index < -0.39 is 30.0 Å². The van der Waals surface area contributed by atoms with E-state index in [0.29, 0.717) is 11.6 Å². The van der Waals surface area contributed by atoms with E-state index in [1.54, 1.807) is 30.3 Å². The lowest BCUT2D eigenvalue weighted by Gasteiger charge is -2.05. The van der Waals surface area contributed by atoms with Gasteiger partial charge in [0, 0.05) is 11.6 Å². The maximum absolute atomic E-state index is 13.6. The molecule has 0 fully saturated rings. The SMILES string of the molecule is O=C(COC(=O)c1occc1-c1ccccc1)c1ccc(F)cc1F. The number of ether oxygens (including phenoxy) is 1. The summed E-state index contributed by atoms with van der Waals surface area (Å²) in [5, 5.41) is 0. The van der Waals surface area contributed by atoms with Gasteiger partial charge in [-0.2, -0.15) is 0 Å².